The zero-order chi connectivity index (χ0) is 28.8. The third-order valence-electron chi connectivity index (χ3n) is 7.17. The molecule has 41 heavy (non-hydrogen) atoms. The van der Waals surface area contributed by atoms with Crippen LogP contribution in [0.1, 0.15) is 41.6 Å². The summed E-state index contributed by atoms with van der Waals surface area (Å²) < 4.78 is 35.2. The molecule has 0 aliphatic heterocycles. The fourth-order valence-electron chi connectivity index (χ4n) is 5.04. The number of halogens is 2. The van der Waals surface area contributed by atoms with Crippen LogP contribution in [0.3, 0.4) is 0 Å². The molecule has 0 saturated heterocycles. The van der Waals surface area contributed by atoms with E-state index in [0.717, 1.165) is 31.2 Å². The van der Waals surface area contributed by atoms with Gasteiger partial charge in [-0.1, -0.05) is 78.5 Å². The normalized spacial score (nSPS) is 13.6. The number of nitrogens with one attached hydrogen (secondary N) is 1. The van der Waals surface area contributed by atoms with E-state index in [-0.39, 0.29) is 28.1 Å². The van der Waals surface area contributed by atoms with Crippen LogP contribution in [0.5, 0.6) is 11.5 Å². The minimum atomic E-state index is -4.03. The Hall–Kier alpha value is -3.52. The Kier molecular flexibility index (Phi) is 9.18. The third-order valence-corrected chi connectivity index (χ3v) is 9.09. The van der Waals surface area contributed by atoms with Crippen molar-refractivity contribution in [1.82, 2.24) is 4.90 Å². The average Bonchev–Trinajstić information content (AvgIpc) is 3.51. The minimum Gasteiger partial charge on any atom is -0.456 e. The zero-order valence-electron chi connectivity index (χ0n) is 22.3. The molecule has 4 aromatic rings. The molecule has 0 bridgehead atoms. The van der Waals surface area contributed by atoms with Gasteiger partial charge in [-0.15, -0.1) is 0 Å². The van der Waals surface area contributed by atoms with Crippen LogP contribution in [-0.4, -0.2) is 31.8 Å². The van der Waals surface area contributed by atoms with E-state index >= 15 is 0 Å². The van der Waals surface area contributed by atoms with Crippen molar-refractivity contribution in [2.45, 2.75) is 43.0 Å². The summed E-state index contributed by atoms with van der Waals surface area (Å²) >= 11 is 12.5. The summed E-state index contributed by atoms with van der Waals surface area (Å²) in [4.78, 5) is 15.9. The van der Waals surface area contributed by atoms with Gasteiger partial charge in [-0.05, 0) is 79.4 Å². The van der Waals surface area contributed by atoms with Crippen LogP contribution >= 0.6 is 23.2 Å². The largest absolute Gasteiger partial charge is 0.456 e. The van der Waals surface area contributed by atoms with Gasteiger partial charge in [-0.3, -0.25) is 9.52 Å². The van der Waals surface area contributed by atoms with E-state index in [1.807, 2.05) is 35.2 Å². The van der Waals surface area contributed by atoms with E-state index in [2.05, 4.69) is 4.72 Å². The SMILES string of the molecule is O=C(c1cc(Cl)ccc1NS(=O)(=O)c1ccc(Oc2ccccc2Cl)cc1)N(CCc1ccccc1)C1CCCC1. The molecule has 1 aliphatic carbocycles. The molecule has 0 spiro atoms. The Labute approximate surface area is 250 Å². The van der Waals surface area contributed by atoms with E-state index in [0.29, 0.717) is 34.5 Å². The maximum Gasteiger partial charge on any atom is 0.261 e. The summed E-state index contributed by atoms with van der Waals surface area (Å²) in [5, 5.41) is 0.799. The molecule has 1 saturated carbocycles. The first kappa shape index (κ1) is 29.0. The van der Waals surface area contributed by atoms with Crippen molar-refractivity contribution in [3.63, 3.8) is 0 Å². The summed E-state index contributed by atoms with van der Waals surface area (Å²) in [5.74, 6) is 0.660. The second-order valence-corrected chi connectivity index (χ2v) is 12.5. The molecule has 212 valence electrons. The van der Waals surface area contributed by atoms with Crippen LogP contribution in [-0.2, 0) is 16.4 Å². The summed E-state index contributed by atoms with van der Waals surface area (Å²) in [5.41, 5.74) is 1.54. The topological polar surface area (TPSA) is 75.7 Å². The third kappa shape index (κ3) is 7.22. The molecule has 1 N–H and O–H groups in total. The number of ether oxygens (including phenoxy) is 1. The molecule has 0 atom stereocenters. The number of hydrogen-bond acceptors (Lipinski definition) is 4. The first-order valence-corrected chi connectivity index (χ1v) is 15.7. The Morgan fingerprint density at radius 2 is 1.56 bits per heavy atom. The van der Waals surface area contributed by atoms with Gasteiger partial charge >= 0.3 is 0 Å². The number of sulfonamides is 1. The van der Waals surface area contributed by atoms with Crippen LogP contribution < -0.4 is 9.46 Å². The molecule has 0 unspecified atom stereocenters. The Balaban J connectivity index is 1.37. The van der Waals surface area contributed by atoms with Crippen molar-refractivity contribution >= 4 is 44.8 Å². The Bertz CT molecular complexity index is 1610. The highest BCUT2D eigenvalue weighted by Gasteiger charge is 2.29. The predicted octanol–water partition coefficient (Wildman–Crippen LogP) is 8.21. The van der Waals surface area contributed by atoms with Gasteiger partial charge in [-0.25, -0.2) is 8.42 Å². The number of para-hydroxylation sites is 1. The smallest absolute Gasteiger partial charge is 0.261 e. The Morgan fingerprint density at radius 3 is 2.27 bits per heavy atom. The number of rotatable bonds is 10. The van der Waals surface area contributed by atoms with Crippen LogP contribution in [0.4, 0.5) is 5.69 Å². The van der Waals surface area contributed by atoms with Gasteiger partial charge in [0.15, 0.2) is 0 Å². The highest BCUT2D eigenvalue weighted by atomic mass is 35.5. The van der Waals surface area contributed by atoms with Crippen LogP contribution in [0.25, 0.3) is 0 Å². The van der Waals surface area contributed by atoms with Crippen LogP contribution in [0.2, 0.25) is 10.0 Å². The molecule has 9 heteroatoms. The van der Waals surface area contributed by atoms with Crippen molar-refractivity contribution < 1.29 is 17.9 Å². The van der Waals surface area contributed by atoms with Crippen molar-refractivity contribution in [2.24, 2.45) is 0 Å². The summed E-state index contributed by atoms with van der Waals surface area (Å²) in [6, 6.07) is 27.8. The zero-order valence-corrected chi connectivity index (χ0v) is 24.6. The predicted molar refractivity (Wildman–Crippen MR) is 164 cm³/mol. The van der Waals surface area contributed by atoms with Crippen molar-refractivity contribution in [3.8, 4) is 11.5 Å². The molecule has 4 aromatic carbocycles. The number of hydrogen-bond donors (Lipinski definition) is 1. The Morgan fingerprint density at radius 1 is 0.878 bits per heavy atom. The lowest BCUT2D eigenvalue weighted by Crippen LogP contribution is -2.40. The van der Waals surface area contributed by atoms with Crippen molar-refractivity contribution in [1.29, 1.82) is 0 Å². The second kappa shape index (κ2) is 13.0. The molecule has 0 heterocycles. The summed E-state index contributed by atoms with van der Waals surface area (Å²) in [7, 11) is -4.03. The molecular weight excluding hydrogens is 579 g/mol. The molecule has 1 aliphatic rings. The molecule has 0 radical (unpaired) electrons. The van der Waals surface area contributed by atoms with Gasteiger partial charge in [0.25, 0.3) is 15.9 Å². The highest BCUT2D eigenvalue weighted by molar-refractivity contribution is 7.92. The van der Waals surface area contributed by atoms with E-state index in [4.69, 9.17) is 27.9 Å². The van der Waals surface area contributed by atoms with E-state index in [1.165, 1.54) is 24.3 Å². The highest BCUT2D eigenvalue weighted by Crippen LogP contribution is 2.32. The minimum absolute atomic E-state index is 0.0223. The first-order chi connectivity index (χ1) is 19.8. The molecule has 6 nitrogen and oxygen atoms in total. The number of amides is 1. The van der Waals surface area contributed by atoms with Gasteiger partial charge in [0.2, 0.25) is 0 Å². The van der Waals surface area contributed by atoms with Crippen LogP contribution in [0.15, 0.2) is 102 Å². The first-order valence-electron chi connectivity index (χ1n) is 13.5. The van der Waals surface area contributed by atoms with Crippen LogP contribution in [0, 0.1) is 0 Å². The molecule has 5 rings (SSSR count). The second-order valence-electron chi connectivity index (χ2n) is 9.97. The lowest BCUT2D eigenvalue weighted by molar-refractivity contribution is 0.0685. The van der Waals surface area contributed by atoms with Gasteiger partial charge in [0.05, 0.1) is 21.2 Å². The molecule has 1 amide bonds. The fourth-order valence-corrected chi connectivity index (χ4v) is 6.47. The number of benzene rings is 4. The van der Waals surface area contributed by atoms with Gasteiger partial charge < -0.3 is 9.64 Å². The van der Waals surface area contributed by atoms with E-state index in [9.17, 15) is 13.2 Å². The number of carbonyl (C=O) groups excluding carboxylic acids is 1. The lowest BCUT2D eigenvalue weighted by atomic mass is 10.1. The average molecular weight is 610 g/mol. The summed E-state index contributed by atoms with van der Waals surface area (Å²) in [6.45, 7) is 0.527. The number of carbonyl (C=O) groups is 1. The van der Waals surface area contributed by atoms with E-state index < -0.39 is 10.0 Å². The van der Waals surface area contributed by atoms with Gasteiger partial charge in [0, 0.05) is 17.6 Å². The maximum atomic E-state index is 14.0. The molecule has 1 fully saturated rings. The lowest BCUT2D eigenvalue weighted by Gasteiger charge is -2.30. The van der Waals surface area contributed by atoms with Gasteiger partial charge in [0.1, 0.15) is 11.5 Å². The molecular formula is C32H30Cl2N2O4S. The van der Waals surface area contributed by atoms with Gasteiger partial charge in [-0.2, -0.15) is 0 Å². The standard InChI is InChI=1S/C32H30Cl2N2O4S/c33-24-14-19-30(35-41(38,39)27-17-15-26(16-18-27)40-31-13-7-6-12-29(31)34)28(22-24)32(37)36(25-10-4-5-11-25)21-20-23-8-2-1-3-9-23/h1-3,6-9,12-19,22,25,35H,4-5,10-11,20-21H2. The van der Waals surface area contributed by atoms with Crippen molar-refractivity contribution in [3.05, 3.63) is 118 Å². The fraction of sp³-hybridized carbons (Fsp3) is 0.219. The van der Waals surface area contributed by atoms with E-state index in [1.54, 1.807) is 42.5 Å². The number of anilines is 1. The quantitative estimate of drug-likeness (QED) is 0.197. The molecule has 0 aromatic heterocycles. The maximum absolute atomic E-state index is 14.0. The number of nitrogens with zero attached hydrogens (tertiary/aromatic N) is 1. The van der Waals surface area contributed by atoms with Crippen molar-refractivity contribution in [2.75, 3.05) is 11.3 Å². The summed E-state index contributed by atoms with van der Waals surface area (Å²) in [6.07, 6.45) is 4.67. The monoisotopic (exact) mass is 608 g/mol.